The van der Waals surface area contributed by atoms with Gasteiger partial charge in [0.1, 0.15) is 0 Å². The minimum Gasteiger partial charge on any atom is -0.372 e. The molecule has 1 amide bonds. The van der Waals surface area contributed by atoms with Gasteiger partial charge in [-0.3, -0.25) is 4.79 Å². The fraction of sp³-hybridized carbons (Fsp3) is 0.263. The average Bonchev–Trinajstić information content (AvgIpc) is 2.64. The number of rotatable bonds is 4. The number of carbonyl (C=O) groups is 1. The van der Waals surface area contributed by atoms with Crippen molar-refractivity contribution in [3.05, 3.63) is 65.7 Å². The summed E-state index contributed by atoms with van der Waals surface area (Å²) in [5, 5.41) is 4.02. The van der Waals surface area contributed by atoms with Gasteiger partial charge in [-0.15, -0.1) is 0 Å². The summed E-state index contributed by atoms with van der Waals surface area (Å²) in [7, 11) is 0. The molecule has 0 radical (unpaired) electrons. The van der Waals surface area contributed by atoms with Gasteiger partial charge in [-0.2, -0.15) is 5.10 Å². The summed E-state index contributed by atoms with van der Waals surface area (Å²) in [6, 6.07) is 17.4. The maximum atomic E-state index is 11.9. The summed E-state index contributed by atoms with van der Waals surface area (Å²) < 4.78 is 0. The Labute approximate surface area is 136 Å². The maximum Gasteiger partial charge on any atom is 0.271 e. The molecule has 3 rings (SSSR count). The number of hydrazone groups is 1. The third kappa shape index (κ3) is 4.19. The molecule has 4 nitrogen and oxygen atoms in total. The van der Waals surface area contributed by atoms with Gasteiger partial charge in [0.05, 0.1) is 6.21 Å². The van der Waals surface area contributed by atoms with Crippen LogP contribution in [0.15, 0.2) is 59.7 Å². The fourth-order valence-corrected chi connectivity index (χ4v) is 2.74. The normalized spacial score (nSPS) is 14.9. The highest BCUT2D eigenvalue weighted by atomic mass is 16.2. The van der Waals surface area contributed by atoms with E-state index in [4.69, 9.17) is 0 Å². The molecule has 1 aliphatic rings. The van der Waals surface area contributed by atoms with Gasteiger partial charge in [0.25, 0.3) is 5.91 Å². The lowest BCUT2D eigenvalue weighted by atomic mass is 10.1. The molecule has 0 bridgehead atoms. The van der Waals surface area contributed by atoms with Crippen molar-refractivity contribution < 1.29 is 4.79 Å². The third-order valence-electron chi connectivity index (χ3n) is 4.03. The van der Waals surface area contributed by atoms with E-state index in [9.17, 15) is 4.79 Å². The molecule has 118 valence electrons. The van der Waals surface area contributed by atoms with Crippen molar-refractivity contribution >= 4 is 17.8 Å². The van der Waals surface area contributed by atoms with Gasteiger partial charge in [-0.25, -0.2) is 5.43 Å². The SMILES string of the molecule is O=C(N/N=C\c1ccc(N2CCCCC2)cc1)c1ccccc1. The molecule has 1 fully saturated rings. The van der Waals surface area contributed by atoms with Crippen LogP contribution in [0.5, 0.6) is 0 Å². The van der Waals surface area contributed by atoms with Gasteiger partial charge >= 0.3 is 0 Å². The quantitative estimate of drug-likeness (QED) is 0.694. The first-order chi connectivity index (χ1) is 11.3. The van der Waals surface area contributed by atoms with Gasteiger partial charge in [-0.1, -0.05) is 30.3 Å². The van der Waals surface area contributed by atoms with Gasteiger partial charge < -0.3 is 4.90 Å². The average molecular weight is 307 g/mol. The van der Waals surface area contributed by atoms with Gasteiger partial charge in [0, 0.05) is 24.3 Å². The molecule has 2 aromatic rings. The van der Waals surface area contributed by atoms with E-state index in [0.29, 0.717) is 5.56 Å². The van der Waals surface area contributed by atoms with E-state index in [1.165, 1.54) is 24.9 Å². The molecule has 1 heterocycles. The standard InChI is InChI=1S/C19H21N3O/c23-19(17-7-3-1-4-8-17)21-20-15-16-9-11-18(12-10-16)22-13-5-2-6-14-22/h1,3-4,7-12,15H,2,5-6,13-14H2,(H,21,23)/b20-15-. The molecule has 0 saturated carbocycles. The Morgan fingerprint density at radius 1 is 0.957 bits per heavy atom. The minimum atomic E-state index is -0.202. The number of carbonyl (C=O) groups excluding carboxylic acids is 1. The second-order valence-corrected chi connectivity index (χ2v) is 5.70. The van der Waals surface area contributed by atoms with E-state index in [1.54, 1.807) is 18.3 Å². The fourth-order valence-electron chi connectivity index (χ4n) is 2.74. The molecule has 0 aliphatic carbocycles. The Morgan fingerprint density at radius 3 is 2.35 bits per heavy atom. The molecule has 1 aliphatic heterocycles. The van der Waals surface area contributed by atoms with Crippen molar-refractivity contribution in [2.75, 3.05) is 18.0 Å². The summed E-state index contributed by atoms with van der Waals surface area (Å²) in [6.07, 6.45) is 5.55. The summed E-state index contributed by atoms with van der Waals surface area (Å²) in [5.41, 5.74) is 5.38. The molecule has 23 heavy (non-hydrogen) atoms. The molecule has 0 spiro atoms. The second kappa shape index (κ2) is 7.58. The Bertz CT molecular complexity index is 659. The highest BCUT2D eigenvalue weighted by Crippen LogP contribution is 2.19. The van der Waals surface area contributed by atoms with Crippen LogP contribution in [0.2, 0.25) is 0 Å². The molecule has 1 saturated heterocycles. The summed E-state index contributed by atoms with van der Waals surface area (Å²) in [4.78, 5) is 14.3. The molecule has 2 aromatic carbocycles. The number of hydrogen-bond acceptors (Lipinski definition) is 3. The molecular weight excluding hydrogens is 286 g/mol. The molecule has 1 N–H and O–H groups in total. The van der Waals surface area contributed by atoms with Crippen molar-refractivity contribution in [3.63, 3.8) is 0 Å². The number of piperidine rings is 1. The van der Waals surface area contributed by atoms with E-state index in [-0.39, 0.29) is 5.91 Å². The lowest BCUT2D eigenvalue weighted by molar-refractivity contribution is 0.0955. The van der Waals surface area contributed by atoms with Crippen LogP contribution >= 0.6 is 0 Å². The van der Waals surface area contributed by atoms with Crippen LogP contribution in [0.1, 0.15) is 35.2 Å². The molecule has 4 heteroatoms. The molecule has 0 aromatic heterocycles. The number of nitrogens with one attached hydrogen (secondary N) is 1. The van der Waals surface area contributed by atoms with Crippen LogP contribution in [0.4, 0.5) is 5.69 Å². The van der Waals surface area contributed by atoms with E-state index in [0.717, 1.165) is 18.7 Å². The summed E-state index contributed by atoms with van der Waals surface area (Å²) in [6.45, 7) is 2.28. The zero-order valence-corrected chi connectivity index (χ0v) is 13.1. The van der Waals surface area contributed by atoms with Crippen LogP contribution in [-0.2, 0) is 0 Å². The van der Waals surface area contributed by atoms with Crippen molar-refractivity contribution in [1.82, 2.24) is 5.43 Å². The van der Waals surface area contributed by atoms with Crippen LogP contribution in [0.3, 0.4) is 0 Å². The number of anilines is 1. The van der Waals surface area contributed by atoms with Crippen LogP contribution in [0, 0.1) is 0 Å². The van der Waals surface area contributed by atoms with E-state index in [1.807, 2.05) is 30.3 Å². The van der Waals surface area contributed by atoms with Crippen LogP contribution in [-0.4, -0.2) is 25.2 Å². The number of amides is 1. The predicted octanol–water partition coefficient (Wildman–Crippen LogP) is 3.44. The Morgan fingerprint density at radius 2 is 1.65 bits per heavy atom. The van der Waals surface area contributed by atoms with Gasteiger partial charge in [-0.05, 0) is 49.1 Å². The van der Waals surface area contributed by atoms with Gasteiger partial charge in [0.2, 0.25) is 0 Å². The highest BCUT2D eigenvalue weighted by Gasteiger charge is 2.10. The van der Waals surface area contributed by atoms with Crippen molar-refractivity contribution in [2.24, 2.45) is 5.10 Å². The predicted molar refractivity (Wildman–Crippen MR) is 94.0 cm³/mol. The zero-order valence-electron chi connectivity index (χ0n) is 13.1. The summed E-state index contributed by atoms with van der Waals surface area (Å²) >= 11 is 0. The van der Waals surface area contributed by atoms with Crippen LogP contribution in [0.25, 0.3) is 0 Å². The summed E-state index contributed by atoms with van der Waals surface area (Å²) in [5.74, 6) is -0.202. The Hall–Kier alpha value is -2.62. The number of benzene rings is 2. The monoisotopic (exact) mass is 307 g/mol. The lowest BCUT2D eigenvalue weighted by Gasteiger charge is -2.28. The smallest absolute Gasteiger partial charge is 0.271 e. The lowest BCUT2D eigenvalue weighted by Crippen LogP contribution is -2.29. The van der Waals surface area contributed by atoms with Crippen molar-refractivity contribution in [3.8, 4) is 0 Å². The largest absolute Gasteiger partial charge is 0.372 e. The minimum absolute atomic E-state index is 0.202. The van der Waals surface area contributed by atoms with E-state index >= 15 is 0 Å². The molecule has 0 unspecified atom stereocenters. The molecule has 0 atom stereocenters. The number of nitrogens with zero attached hydrogens (tertiary/aromatic N) is 2. The van der Waals surface area contributed by atoms with Crippen molar-refractivity contribution in [1.29, 1.82) is 0 Å². The maximum absolute atomic E-state index is 11.9. The first-order valence-electron chi connectivity index (χ1n) is 8.06. The first-order valence-corrected chi connectivity index (χ1v) is 8.06. The topological polar surface area (TPSA) is 44.7 Å². The molecular formula is C19H21N3O. The van der Waals surface area contributed by atoms with Crippen molar-refractivity contribution in [2.45, 2.75) is 19.3 Å². The van der Waals surface area contributed by atoms with Crippen LogP contribution < -0.4 is 10.3 Å². The van der Waals surface area contributed by atoms with Gasteiger partial charge in [0.15, 0.2) is 0 Å². The Balaban J connectivity index is 1.56. The van der Waals surface area contributed by atoms with E-state index < -0.39 is 0 Å². The zero-order chi connectivity index (χ0) is 15.9. The second-order valence-electron chi connectivity index (χ2n) is 5.70. The van der Waals surface area contributed by atoms with E-state index in [2.05, 4.69) is 27.6 Å². The first kappa shape index (κ1) is 15.3. The number of hydrogen-bond donors (Lipinski definition) is 1. The Kier molecular flexibility index (Phi) is 5.04. The highest BCUT2D eigenvalue weighted by molar-refractivity contribution is 5.94. The third-order valence-corrected chi connectivity index (χ3v) is 4.03.